The van der Waals surface area contributed by atoms with Crippen LogP contribution in [0.3, 0.4) is 0 Å². The maximum absolute atomic E-state index is 11.0. The average molecular weight is 329 g/mol. The quantitative estimate of drug-likeness (QED) is 0.691. The molecule has 4 rings (SSSR count). The molecule has 0 atom stereocenters. The minimum absolute atomic E-state index is 0.0474. The lowest BCUT2D eigenvalue weighted by molar-refractivity contribution is 0.0697. The highest BCUT2D eigenvalue weighted by molar-refractivity contribution is 6.33. The molecular formula is C18H13ClO4. The van der Waals surface area contributed by atoms with Crippen LogP contribution in [-0.2, 0) is 0 Å². The van der Waals surface area contributed by atoms with Crippen molar-refractivity contribution in [2.24, 2.45) is 0 Å². The summed E-state index contributed by atoms with van der Waals surface area (Å²) in [7, 11) is 0. The van der Waals surface area contributed by atoms with E-state index in [9.17, 15) is 4.79 Å². The van der Waals surface area contributed by atoms with E-state index in [2.05, 4.69) is 6.07 Å². The summed E-state index contributed by atoms with van der Waals surface area (Å²) in [6.45, 7) is 0. The number of halogens is 1. The van der Waals surface area contributed by atoms with Crippen molar-refractivity contribution in [3.8, 4) is 11.5 Å². The Hall–Kier alpha value is -2.46. The number of carboxylic acids is 1. The van der Waals surface area contributed by atoms with Gasteiger partial charge in [-0.05, 0) is 37.1 Å². The summed E-state index contributed by atoms with van der Waals surface area (Å²) < 4.78 is 11.8. The highest BCUT2D eigenvalue weighted by Gasteiger charge is 2.27. The molecule has 1 fully saturated rings. The van der Waals surface area contributed by atoms with Gasteiger partial charge in [0.2, 0.25) is 0 Å². The predicted octanol–water partition coefficient (Wildman–Crippen LogP) is 5.45. The zero-order valence-corrected chi connectivity index (χ0v) is 12.8. The number of para-hydroxylation sites is 1. The summed E-state index contributed by atoms with van der Waals surface area (Å²) in [4.78, 5) is 11.0. The highest BCUT2D eigenvalue weighted by Crippen LogP contribution is 2.44. The largest absolute Gasteiger partial charge is 0.478 e. The summed E-state index contributed by atoms with van der Waals surface area (Å²) in [6.07, 6.45) is 2.34. The van der Waals surface area contributed by atoms with E-state index in [0.717, 1.165) is 11.1 Å². The molecule has 0 aliphatic heterocycles. The maximum Gasteiger partial charge on any atom is 0.337 e. The summed E-state index contributed by atoms with van der Waals surface area (Å²) >= 11 is 5.98. The first-order valence-electron chi connectivity index (χ1n) is 7.35. The molecule has 1 aromatic heterocycles. The standard InChI is InChI=1S/C18H13ClO4/c19-14-9-12(6-7-13(14)18(20)21)22-15-3-1-2-11-8-16(10-4-5-10)23-17(11)15/h1-3,6-10H,4-5H2,(H,20,21). The van der Waals surface area contributed by atoms with Gasteiger partial charge >= 0.3 is 5.97 Å². The van der Waals surface area contributed by atoms with E-state index < -0.39 is 5.97 Å². The van der Waals surface area contributed by atoms with Crippen molar-refractivity contribution in [3.05, 3.63) is 58.8 Å². The van der Waals surface area contributed by atoms with E-state index in [-0.39, 0.29) is 10.6 Å². The normalized spacial score (nSPS) is 14.1. The molecule has 0 spiro atoms. The van der Waals surface area contributed by atoms with Gasteiger partial charge in [-0.1, -0.05) is 23.7 Å². The van der Waals surface area contributed by atoms with Gasteiger partial charge in [-0.15, -0.1) is 0 Å². The minimum Gasteiger partial charge on any atom is -0.478 e. The molecule has 0 saturated heterocycles. The van der Waals surface area contributed by atoms with Crippen LogP contribution in [-0.4, -0.2) is 11.1 Å². The Labute approximate surface area is 137 Å². The van der Waals surface area contributed by atoms with Crippen LogP contribution in [0, 0.1) is 0 Å². The van der Waals surface area contributed by atoms with Crippen LogP contribution in [0.15, 0.2) is 46.9 Å². The summed E-state index contributed by atoms with van der Waals surface area (Å²) in [5.74, 6) is 1.52. The molecule has 1 heterocycles. The lowest BCUT2D eigenvalue weighted by Gasteiger charge is -2.07. The molecule has 2 aromatic carbocycles. The molecule has 0 unspecified atom stereocenters. The highest BCUT2D eigenvalue weighted by atomic mass is 35.5. The monoisotopic (exact) mass is 328 g/mol. The number of hydrogen-bond acceptors (Lipinski definition) is 3. The second kappa shape index (κ2) is 5.32. The van der Waals surface area contributed by atoms with E-state index in [1.807, 2.05) is 18.2 Å². The predicted molar refractivity (Wildman–Crippen MR) is 86.7 cm³/mol. The third kappa shape index (κ3) is 2.66. The zero-order valence-electron chi connectivity index (χ0n) is 12.1. The first kappa shape index (κ1) is 14.2. The van der Waals surface area contributed by atoms with Crippen molar-refractivity contribution in [2.75, 3.05) is 0 Å². The molecular weight excluding hydrogens is 316 g/mol. The van der Waals surface area contributed by atoms with Gasteiger partial charge in [-0.2, -0.15) is 0 Å². The molecule has 5 heteroatoms. The van der Waals surface area contributed by atoms with Crippen molar-refractivity contribution in [1.82, 2.24) is 0 Å². The van der Waals surface area contributed by atoms with Gasteiger partial charge in [-0.25, -0.2) is 4.79 Å². The molecule has 0 radical (unpaired) electrons. The Morgan fingerprint density at radius 2 is 2.04 bits per heavy atom. The lowest BCUT2D eigenvalue weighted by Crippen LogP contribution is -1.97. The Balaban J connectivity index is 1.69. The molecule has 116 valence electrons. The molecule has 1 aliphatic rings. The number of rotatable bonds is 4. The summed E-state index contributed by atoms with van der Waals surface area (Å²) in [5, 5.41) is 10.1. The van der Waals surface area contributed by atoms with Gasteiger partial charge in [0.1, 0.15) is 11.5 Å². The fourth-order valence-electron chi connectivity index (χ4n) is 2.57. The SMILES string of the molecule is O=C(O)c1ccc(Oc2cccc3cc(C4CC4)oc23)cc1Cl. The van der Waals surface area contributed by atoms with Gasteiger partial charge in [0, 0.05) is 17.4 Å². The lowest BCUT2D eigenvalue weighted by atomic mass is 10.2. The Morgan fingerprint density at radius 3 is 2.74 bits per heavy atom. The summed E-state index contributed by atoms with van der Waals surface area (Å²) in [6, 6.07) is 12.3. The molecule has 3 aromatic rings. The molecule has 1 aliphatic carbocycles. The van der Waals surface area contributed by atoms with Gasteiger partial charge in [0.15, 0.2) is 11.3 Å². The first-order chi connectivity index (χ1) is 11.1. The Kier molecular flexibility index (Phi) is 3.27. The van der Waals surface area contributed by atoms with Crippen molar-refractivity contribution in [2.45, 2.75) is 18.8 Å². The molecule has 23 heavy (non-hydrogen) atoms. The number of benzene rings is 2. The molecule has 0 amide bonds. The van der Waals surface area contributed by atoms with Crippen molar-refractivity contribution >= 4 is 28.5 Å². The maximum atomic E-state index is 11.0. The van der Waals surface area contributed by atoms with Crippen LogP contribution >= 0.6 is 11.6 Å². The fraction of sp³-hybridized carbons (Fsp3) is 0.167. The number of ether oxygens (including phenoxy) is 1. The topological polar surface area (TPSA) is 59.7 Å². The number of furan rings is 1. The molecule has 4 nitrogen and oxygen atoms in total. The van der Waals surface area contributed by atoms with Gasteiger partial charge in [-0.3, -0.25) is 0 Å². The number of carboxylic acid groups (broad SMARTS) is 1. The van der Waals surface area contributed by atoms with Crippen molar-refractivity contribution < 1.29 is 19.1 Å². The second-order valence-corrected chi connectivity index (χ2v) is 6.05. The van der Waals surface area contributed by atoms with E-state index in [4.69, 9.17) is 25.9 Å². The van der Waals surface area contributed by atoms with Crippen molar-refractivity contribution in [3.63, 3.8) is 0 Å². The smallest absolute Gasteiger partial charge is 0.337 e. The van der Waals surface area contributed by atoms with E-state index >= 15 is 0 Å². The fourth-order valence-corrected chi connectivity index (χ4v) is 2.82. The van der Waals surface area contributed by atoms with Gasteiger partial charge in [0.05, 0.1) is 10.6 Å². The zero-order chi connectivity index (χ0) is 16.0. The molecule has 0 bridgehead atoms. The molecule has 1 N–H and O–H groups in total. The number of aromatic carboxylic acids is 1. The third-order valence-electron chi connectivity index (χ3n) is 3.91. The average Bonchev–Trinajstić information content (AvgIpc) is 3.26. The van der Waals surface area contributed by atoms with Crippen LogP contribution in [0.5, 0.6) is 11.5 Å². The van der Waals surface area contributed by atoms with Crippen LogP contribution < -0.4 is 4.74 Å². The van der Waals surface area contributed by atoms with E-state index in [0.29, 0.717) is 23.0 Å². The Morgan fingerprint density at radius 1 is 1.22 bits per heavy atom. The van der Waals surface area contributed by atoms with Crippen LogP contribution in [0.25, 0.3) is 11.0 Å². The number of carbonyl (C=O) groups is 1. The van der Waals surface area contributed by atoms with E-state index in [1.54, 1.807) is 6.07 Å². The second-order valence-electron chi connectivity index (χ2n) is 5.65. The van der Waals surface area contributed by atoms with Gasteiger partial charge < -0.3 is 14.3 Å². The summed E-state index contributed by atoms with van der Waals surface area (Å²) in [5.41, 5.74) is 0.749. The Bertz CT molecular complexity index is 909. The van der Waals surface area contributed by atoms with Crippen LogP contribution in [0.1, 0.15) is 34.9 Å². The van der Waals surface area contributed by atoms with Gasteiger partial charge in [0.25, 0.3) is 0 Å². The first-order valence-corrected chi connectivity index (χ1v) is 7.73. The number of fused-ring (bicyclic) bond motifs is 1. The van der Waals surface area contributed by atoms with Crippen LogP contribution in [0.2, 0.25) is 5.02 Å². The molecule has 1 saturated carbocycles. The number of hydrogen-bond donors (Lipinski definition) is 1. The van der Waals surface area contributed by atoms with Crippen molar-refractivity contribution in [1.29, 1.82) is 0 Å². The van der Waals surface area contributed by atoms with Crippen LogP contribution in [0.4, 0.5) is 0 Å². The van der Waals surface area contributed by atoms with E-state index in [1.165, 1.54) is 25.0 Å². The third-order valence-corrected chi connectivity index (χ3v) is 4.22. The minimum atomic E-state index is -1.07.